The van der Waals surface area contributed by atoms with Crippen molar-refractivity contribution in [1.29, 1.82) is 0 Å². The number of nitrogens with one attached hydrogen (secondary N) is 1. The smallest absolute Gasteiger partial charge is 0.0153 e. The molecule has 2 unspecified atom stereocenters. The van der Waals surface area contributed by atoms with Crippen LogP contribution in [0.2, 0.25) is 0 Å². The first-order chi connectivity index (χ1) is 7.70. The fraction of sp³-hybridized carbons (Fsp3) is 1.00. The molecular weight excluding hydrogens is 196 g/mol. The SMILES string of the molecule is CN1CCCCC1CCC1(C)CCCCN1. The van der Waals surface area contributed by atoms with Crippen LogP contribution in [0.4, 0.5) is 0 Å². The molecule has 0 spiro atoms. The third-order valence-electron chi connectivity index (χ3n) is 4.66. The average Bonchev–Trinajstić information content (AvgIpc) is 2.29. The van der Waals surface area contributed by atoms with Gasteiger partial charge in [0.05, 0.1) is 0 Å². The molecule has 2 heterocycles. The molecule has 2 aliphatic heterocycles. The van der Waals surface area contributed by atoms with Crippen molar-refractivity contribution in [2.24, 2.45) is 0 Å². The second-order valence-electron chi connectivity index (χ2n) is 6.11. The molecule has 0 saturated carbocycles. The molecule has 2 fully saturated rings. The van der Waals surface area contributed by atoms with E-state index in [4.69, 9.17) is 0 Å². The summed E-state index contributed by atoms with van der Waals surface area (Å²) in [5.41, 5.74) is 0.441. The number of piperidine rings is 2. The summed E-state index contributed by atoms with van der Waals surface area (Å²) in [5, 5.41) is 3.73. The average molecular weight is 224 g/mol. The van der Waals surface area contributed by atoms with Crippen LogP contribution in [0.15, 0.2) is 0 Å². The Morgan fingerprint density at radius 3 is 2.81 bits per heavy atom. The molecule has 2 aliphatic rings. The van der Waals surface area contributed by atoms with Gasteiger partial charge in [0.25, 0.3) is 0 Å². The second kappa shape index (κ2) is 5.50. The van der Waals surface area contributed by atoms with Gasteiger partial charge < -0.3 is 10.2 Å². The van der Waals surface area contributed by atoms with Crippen LogP contribution in [-0.2, 0) is 0 Å². The zero-order chi connectivity index (χ0) is 11.4. The van der Waals surface area contributed by atoms with Crippen LogP contribution < -0.4 is 5.32 Å². The predicted octanol–water partition coefficient (Wildman–Crippen LogP) is 2.78. The highest BCUT2D eigenvalue weighted by Gasteiger charge is 2.28. The minimum absolute atomic E-state index is 0.441. The van der Waals surface area contributed by atoms with Crippen molar-refractivity contribution in [3.63, 3.8) is 0 Å². The van der Waals surface area contributed by atoms with Crippen molar-refractivity contribution in [2.45, 2.75) is 69.9 Å². The highest BCUT2D eigenvalue weighted by atomic mass is 15.1. The van der Waals surface area contributed by atoms with Crippen molar-refractivity contribution in [3.8, 4) is 0 Å². The quantitative estimate of drug-likeness (QED) is 0.793. The van der Waals surface area contributed by atoms with Gasteiger partial charge in [0.1, 0.15) is 0 Å². The normalized spacial score (nSPS) is 37.5. The summed E-state index contributed by atoms with van der Waals surface area (Å²) in [4.78, 5) is 2.58. The first kappa shape index (κ1) is 12.4. The molecule has 2 atom stereocenters. The van der Waals surface area contributed by atoms with Crippen LogP contribution in [0.25, 0.3) is 0 Å². The van der Waals surface area contributed by atoms with Gasteiger partial charge in [0.15, 0.2) is 0 Å². The highest BCUT2D eigenvalue weighted by Crippen LogP contribution is 2.27. The topological polar surface area (TPSA) is 15.3 Å². The fourth-order valence-electron chi connectivity index (χ4n) is 3.33. The number of hydrogen-bond acceptors (Lipinski definition) is 2. The lowest BCUT2D eigenvalue weighted by molar-refractivity contribution is 0.152. The van der Waals surface area contributed by atoms with E-state index >= 15 is 0 Å². The van der Waals surface area contributed by atoms with E-state index in [1.54, 1.807) is 0 Å². The third-order valence-corrected chi connectivity index (χ3v) is 4.66. The molecular formula is C14H28N2. The Morgan fingerprint density at radius 2 is 2.12 bits per heavy atom. The summed E-state index contributed by atoms with van der Waals surface area (Å²) in [6.45, 7) is 4.97. The van der Waals surface area contributed by atoms with Crippen molar-refractivity contribution in [2.75, 3.05) is 20.1 Å². The molecule has 0 bridgehead atoms. The van der Waals surface area contributed by atoms with E-state index in [9.17, 15) is 0 Å². The van der Waals surface area contributed by atoms with Gasteiger partial charge in [0.2, 0.25) is 0 Å². The van der Waals surface area contributed by atoms with Gasteiger partial charge >= 0.3 is 0 Å². The predicted molar refractivity (Wildman–Crippen MR) is 69.8 cm³/mol. The largest absolute Gasteiger partial charge is 0.312 e. The van der Waals surface area contributed by atoms with Crippen LogP contribution in [0.3, 0.4) is 0 Å². The Kier molecular flexibility index (Phi) is 4.26. The maximum Gasteiger partial charge on any atom is 0.0153 e. The Balaban J connectivity index is 1.76. The van der Waals surface area contributed by atoms with E-state index in [1.165, 1.54) is 64.5 Å². The van der Waals surface area contributed by atoms with E-state index in [0.29, 0.717) is 5.54 Å². The van der Waals surface area contributed by atoms with Crippen LogP contribution in [-0.4, -0.2) is 36.6 Å². The first-order valence-corrected chi connectivity index (χ1v) is 7.15. The lowest BCUT2D eigenvalue weighted by Gasteiger charge is -2.39. The molecule has 2 saturated heterocycles. The van der Waals surface area contributed by atoms with E-state index in [2.05, 4.69) is 24.2 Å². The molecule has 0 radical (unpaired) electrons. The van der Waals surface area contributed by atoms with Gasteiger partial charge in [-0.15, -0.1) is 0 Å². The Labute approximate surface area is 101 Å². The summed E-state index contributed by atoms with van der Waals surface area (Å²) in [6.07, 6.45) is 11.2. The van der Waals surface area contributed by atoms with Crippen molar-refractivity contribution in [1.82, 2.24) is 10.2 Å². The Hall–Kier alpha value is -0.0800. The molecule has 2 rings (SSSR count). The maximum absolute atomic E-state index is 3.73. The molecule has 2 heteroatoms. The van der Waals surface area contributed by atoms with Gasteiger partial charge in [-0.2, -0.15) is 0 Å². The number of hydrogen-bond donors (Lipinski definition) is 1. The summed E-state index contributed by atoms with van der Waals surface area (Å²) < 4.78 is 0. The van der Waals surface area contributed by atoms with Crippen molar-refractivity contribution in [3.05, 3.63) is 0 Å². The van der Waals surface area contributed by atoms with Gasteiger partial charge in [-0.05, 0) is 65.6 Å². The van der Waals surface area contributed by atoms with Crippen LogP contribution in [0.5, 0.6) is 0 Å². The number of likely N-dealkylation sites (tertiary alicyclic amines) is 1. The summed E-state index contributed by atoms with van der Waals surface area (Å²) in [6, 6.07) is 0.856. The molecule has 0 aromatic rings. The molecule has 0 aromatic heterocycles. The lowest BCUT2D eigenvalue weighted by atomic mass is 9.84. The van der Waals surface area contributed by atoms with Gasteiger partial charge in [-0.3, -0.25) is 0 Å². The van der Waals surface area contributed by atoms with Crippen LogP contribution >= 0.6 is 0 Å². The van der Waals surface area contributed by atoms with E-state index in [1.807, 2.05) is 0 Å². The summed E-state index contributed by atoms with van der Waals surface area (Å²) in [7, 11) is 2.31. The standard InChI is InChI=1S/C14H28N2/c1-14(9-4-5-11-15-14)10-8-13-7-3-6-12-16(13)2/h13,15H,3-12H2,1-2H3. The molecule has 0 aromatic carbocycles. The lowest BCUT2D eigenvalue weighted by Crippen LogP contribution is -2.47. The molecule has 1 N–H and O–H groups in total. The molecule has 94 valence electrons. The second-order valence-corrected chi connectivity index (χ2v) is 6.11. The van der Waals surface area contributed by atoms with Gasteiger partial charge in [-0.25, -0.2) is 0 Å². The minimum Gasteiger partial charge on any atom is -0.312 e. The highest BCUT2D eigenvalue weighted by molar-refractivity contribution is 4.88. The monoisotopic (exact) mass is 224 g/mol. The van der Waals surface area contributed by atoms with E-state index in [0.717, 1.165) is 6.04 Å². The molecule has 0 amide bonds. The molecule has 16 heavy (non-hydrogen) atoms. The van der Waals surface area contributed by atoms with E-state index in [-0.39, 0.29) is 0 Å². The maximum atomic E-state index is 3.73. The van der Waals surface area contributed by atoms with Crippen LogP contribution in [0.1, 0.15) is 58.3 Å². The Morgan fingerprint density at radius 1 is 1.25 bits per heavy atom. The van der Waals surface area contributed by atoms with Gasteiger partial charge in [0, 0.05) is 11.6 Å². The molecule has 2 nitrogen and oxygen atoms in total. The summed E-state index contributed by atoms with van der Waals surface area (Å²) >= 11 is 0. The molecule has 0 aliphatic carbocycles. The number of rotatable bonds is 3. The number of nitrogens with zero attached hydrogens (tertiary/aromatic N) is 1. The zero-order valence-corrected chi connectivity index (χ0v) is 11.1. The third kappa shape index (κ3) is 3.21. The van der Waals surface area contributed by atoms with Crippen molar-refractivity contribution >= 4 is 0 Å². The first-order valence-electron chi connectivity index (χ1n) is 7.15. The fourth-order valence-corrected chi connectivity index (χ4v) is 3.33. The summed E-state index contributed by atoms with van der Waals surface area (Å²) in [5.74, 6) is 0. The Bertz CT molecular complexity index is 209. The van der Waals surface area contributed by atoms with Crippen molar-refractivity contribution < 1.29 is 0 Å². The van der Waals surface area contributed by atoms with Gasteiger partial charge in [-0.1, -0.05) is 12.8 Å². The zero-order valence-electron chi connectivity index (χ0n) is 11.1. The van der Waals surface area contributed by atoms with Crippen LogP contribution in [0, 0.1) is 0 Å². The minimum atomic E-state index is 0.441. The van der Waals surface area contributed by atoms with E-state index < -0.39 is 0 Å².